The van der Waals surface area contributed by atoms with Gasteiger partial charge in [0.1, 0.15) is 12.8 Å². The van der Waals surface area contributed by atoms with Crippen LogP contribution >= 0.6 is 0 Å². The third-order valence-corrected chi connectivity index (χ3v) is 1.23. The number of rotatable bonds is 4. The minimum absolute atomic E-state index is 0.000370. The van der Waals surface area contributed by atoms with E-state index in [1.807, 2.05) is 0 Å². The van der Waals surface area contributed by atoms with E-state index in [0.717, 1.165) is 0 Å². The van der Waals surface area contributed by atoms with Gasteiger partial charge in [-0.25, -0.2) is 0 Å². The lowest BCUT2D eigenvalue weighted by Crippen LogP contribution is -2.02. The van der Waals surface area contributed by atoms with Crippen LogP contribution in [-0.2, 0) is 4.79 Å². The van der Waals surface area contributed by atoms with Crippen LogP contribution in [0.3, 0.4) is 0 Å². The maximum Gasteiger partial charge on any atom is 0.406 e. The Morgan fingerprint density at radius 3 is 3.08 bits per heavy atom. The second-order valence-corrected chi connectivity index (χ2v) is 2.06. The van der Waals surface area contributed by atoms with Crippen LogP contribution in [0.25, 0.3) is 0 Å². The van der Waals surface area contributed by atoms with Crippen LogP contribution < -0.4 is 4.74 Å². The molecule has 0 atom stereocenters. The van der Waals surface area contributed by atoms with E-state index in [2.05, 4.69) is 4.98 Å². The van der Waals surface area contributed by atoms with Crippen LogP contribution in [0.15, 0.2) is 18.3 Å². The number of nitrogens with zero attached hydrogens (tertiary/aromatic N) is 2. The van der Waals surface area contributed by atoms with E-state index in [4.69, 9.17) is 4.74 Å². The topological polar surface area (TPSA) is 82.3 Å². The van der Waals surface area contributed by atoms with Gasteiger partial charge in [0, 0.05) is 0 Å². The molecular weight excluding hydrogens is 176 g/mol. The second kappa shape index (κ2) is 4.15. The third kappa shape index (κ3) is 2.22. The van der Waals surface area contributed by atoms with Crippen molar-refractivity contribution in [3.05, 3.63) is 28.4 Å². The van der Waals surface area contributed by atoms with E-state index < -0.39 is 4.92 Å². The molecule has 0 aromatic carbocycles. The highest BCUT2D eigenvalue weighted by atomic mass is 16.6. The molecule has 1 heterocycles. The quantitative estimate of drug-likeness (QED) is 0.386. The second-order valence-electron chi connectivity index (χ2n) is 2.06. The maximum absolute atomic E-state index is 10.4. The highest BCUT2D eigenvalue weighted by Gasteiger charge is 2.14. The summed E-state index contributed by atoms with van der Waals surface area (Å²) in [5.41, 5.74) is 0. The molecule has 0 amide bonds. The fourth-order valence-electron chi connectivity index (χ4n) is 0.756. The Hall–Kier alpha value is -1.98. The molecular formula is C7H6N2O4. The molecule has 0 aliphatic carbocycles. The van der Waals surface area contributed by atoms with Crippen LogP contribution in [0, 0.1) is 10.1 Å². The van der Waals surface area contributed by atoms with Crippen LogP contribution in [0.5, 0.6) is 5.75 Å². The highest BCUT2D eigenvalue weighted by Crippen LogP contribution is 2.22. The number of pyridine rings is 1. The first-order valence-corrected chi connectivity index (χ1v) is 3.41. The van der Waals surface area contributed by atoms with Gasteiger partial charge in [0.25, 0.3) is 0 Å². The summed E-state index contributed by atoms with van der Waals surface area (Å²) in [6, 6.07) is 2.88. The summed E-state index contributed by atoms with van der Waals surface area (Å²) in [6.07, 6.45) is 1.79. The Labute approximate surface area is 73.3 Å². The molecule has 0 unspecified atom stereocenters. The van der Waals surface area contributed by atoms with Crippen molar-refractivity contribution in [1.82, 2.24) is 4.98 Å². The molecule has 0 aliphatic heterocycles. The van der Waals surface area contributed by atoms with Crippen molar-refractivity contribution in [2.24, 2.45) is 0 Å². The number of aldehydes is 1. The van der Waals surface area contributed by atoms with Gasteiger partial charge < -0.3 is 14.9 Å². The van der Waals surface area contributed by atoms with Crippen LogP contribution in [0.1, 0.15) is 0 Å². The first-order valence-electron chi connectivity index (χ1n) is 3.41. The predicted molar refractivity (Wildman–Crippen MR) is 42.5 cm³/mol. The molecule has 0 saturated carbocycles. The Bertz CT molecular complexity index is 326. The minimum atomic E-state index is -0.667. The minimum Gasteiger partial charge on any atom is -0.478 e. The fraction of sp³-hybridized carbons (Fsp3) is 0.143. The van der Waals surface area contributed by atoms with Gasteiger partial charge in [-0.05, 0) is 22.0 Å². The molecule has 0 saturated heterocycles. The maximum atomic E-state index is 10.4. The summed E-state index contributed by atoms with van der Waals surface area (Å²) in [5.74, 6) is -0.385. The van der Waals surface area contributed by atoms with E-state index in [9.17, 15) is 14.9 Å². The van der Waals surface area contributed by atoms with Crippen molar-refractivity contribution < 1.29 is 14.5 Å². The molecule has 0 radical (unpaired) electrons. The molecule has 68 valence electrons. The lowest BCUT2D eigenvalue weighted by atomic mass is 10.4. The van der Waals surface area contributed by atoms with Gasteiger partial charge in [-0.2, -0.15) is 0 Å². The van der Waals surface area contributed by atoms with Gasteiger partial charge in [-0.3, -0.25) is 4.79 Å². The Kier molecular flexibility index (Phi) is 2.91. The van der Waals surface area contributed by atoms with Crippen LogP contribution in [0.4, 0.5) is 5.82 Å². The van der Waals surface area contributed by atoms with E-state index in [-0.39, 0.29) is 18.2 Å². The molecule has 6 nitrogen and oxygen atoms in total. The van der Waals surface area contributed by atoms with E-state index in [1.165, 1.54) is 18.3 Å². The lowest BCUT2D eigenvalue weighted by Gasteiger charge is -2.00. The highest BCUT2D eigenvalue weighted by molar-refractivity contribution is 5.52. The molecule has 13 heavy (non-hydrogen) atoms. The van der Waals surface area contributed by atoms with Gasteiger partial charge in [0.05, 0.1) is 0 Å². The normalized spacial score (nSPS) is 9.23. The summed E-state index contributed by atoms with van der Waals surface area (Å²) in [4.78, 5) is 23.1. The van der Waals surface area contributed by atoms with Crippen LogP contribution in [-0.4, -0.2) is 22.8 Å². The van der Waals surface area contributed by atoms with Gasteiger partial charge in [-0.1, -0.05) is 0 Å². The zero-order valence-electron chi connectivity index (χ0n) is 6.54. The largest absolute Gasteiger partial charge is 0.478 e. The summed E-state index contributed by atoms with van der Waals surface area (Å²) in [7, 11) is 0. The summed E-state index contributed by atoms with van der Waals surface area (Å²) < 4.78 is 4.78. The molecule has 1 aromatic heterocycles. The molecule has 1 aromatic rings. The van der Waals surface area contributed by atoms with Crippen molar-refractivity contribution in [3.63, 3.8) is 0 Å². The number of hydrogen-bond acceptors (Lipinski definition) is 5. The standard InChI is InChI=1S/C7H6N2O4/c10-4-5-13-6-2-1-3-8-7(6)9(11)12/h1-4H,5H2. The van der Waals surface area contributed by atoms with Gasteiger partial charge in [0.2, 0.25) is 5.75 Å². The van der Waals surface area contributed by atoms with Crippen molar-refractivity contribution >= 4 is 12.1 Å². The van der Waals surface area contributed by atoms with Gasteiger partial charge in [-0.15, -0.1) is 0 Å². The number of carbonyl (C=O) groups is 1. The first-order chi connectivity index (χ1) is 6.25. The molecule has 0 N–H and O–H groups in total. The fourth-order valence-corrected chi connectivity index (χ4v) is 0.756. The summed E-state index contributed by atoms with van der Waals surface area (Å²) >= 11 is 0. The summed E-state index contributed by atoms with van der Waals surface area (Å²) in [6.45, 7) is -0.216. The van der Waals surface area contributed by atoms with Crippen molar-refractivity contribution in [2.45, 2.75) is 0 Å². The molecule has 6 heteroatoms. The lowest BCUT2D eigenvalue weighted by molar-refractivity contribution is -0.390. The van der Waals surface area contributed by atoms with Gasteiger partial charge >= 0.3 is 5.82 Å². The SMILES string of the molecule is O=CCOc1cccnc1[N+](=O)[O-]. The first kappa shape index (κ1) is 9.11. The molecule has 0 spiro atoms. The van der Waals surface area contributed by atoms with Gasteiger partial charge in [0.15, 0.2) is 6.29 Å². The monoisotopic (exact) mass is 182 g/mol. The molecule has 1 rings (SSSR count). The molecule has 0 bridgehead atoms. The number of carbonyl (C=O) groups excluding carboxylic acids is 1. The zero-order valence-corrected chi connectivity index (χ0v) is 6.54. The van der Waals surface area contributed by atoms with E-state index in [0.29, 0.717) is 6.29 Å². The number of ether oxygens (including phenoxy) is 1. The zero-order chi connectivity index (χ0) is 9.68. The van der Waals surface area contributed by atoms with Crippen molar-refractivity contribution in [3.8, 4) is 5.75 Å². The third-order valence-electron chi connectivity index (χ3n) is 1.23. The van der Waals surface area contributed by atoms with Crippen LogP contribution in [0.2, 0.25) is 0 Å². The smallest absolute Gasteiger partial charge is 0.406 e. The van der Waals surface area contributed by atoms with E-state index in [1.54, 1.807) is 0 Å². The average Bonchev–Trinajstić information content (AvgIpc) is 2.15. The number of hydrogen-bond donors (Lipinski definition) is 0. The number of nitro groups is 1. The Balaban J connectivity index is 2.90. The van der Waals surface area contributed by atoms with Crippen molar-refractivity contribution in [2.75, 3.05) is 6.61 Å². The average molecular weight is 182 g/mol. The van der Waals surface area contributed by atoms with Crippen molar-refractivity contribution in [1.29, 1.82) is 0 Å². The Morgan fingerprint density at radius 1 is 1.69 bits per heavy atom. The Morgan fingerprint density at radius 2 is 2.46 bits per heavy atom. The number of aromatic nitrogens is 1. The summed E-state index contributed by atoms with van der Waals surface area (Å²) in [5, 5.41) is 10.4. The van der Waals surface area contributed by atoms with E-state index >= 15 is 0 Å². The molecule has 0 fully saturated rings. The predicted octanol–water partition coefficient (Wildman–Crippen LogP) is 0.567. The molecule has 0 aliphatic rings.